The molecule has 2 aromatic rings. The van der Waals surface area contributed by atoms with Gasteiger partial charge in [-0.1, -0.05) is 41.0 Å². The van der Waals surface area contributed by atoms with Crippen LogP contribution in [0.2, 0.25) is 10.0 Å². The maximum absolute atomic E-state index is 12.9. The van der Waals surface area contributed by atoms with Gasteiger partial charge in [-0.25, -0.2) is 4.79 Å². The lowest BCUT2D eigenvalue weighted by atomic mass is 10.0. The smallest absolute Gasteiger partial charge is 0.387 e. The fourth-order valence-corrected chi connectivity index (χ4v) is 4.45. The van der Waals surface area contributed by atoms with Crippen molar-refractivity contribution < 1.29 is 27.8 Å². The number of carbonyl (C=O) groups is 1. The predicted molar refractivity (Wildman–Crippen MR) is 123 cm³/mol. The van der Waals surface area contributed by atoms with E-state index in [0.717, 1.165) is 12.8 Å². The molecule has 0 spiro atoms. The van der Waals surface area contributed by atoms with Crippen LogP contribution in [0, 0.1) is 5.92 Å². The number of nitrogens with zero attached hydrogens (tertiary/aromatic N) is 2. The Morgan fingerprint density at radius 2 is 1.94 bits per heavy atom. The molecule has 0 saturated heterocycles. The maximum Gasteiger partial charge on any atom is 0.387 e. The predicted octanol–water partition coefficient (Wildman–Crippen LogP) is 5.75. The molecule has 1 aromatic heterocycles. The first-order valence-electron chi connectivity index (χ1n) is 10.3. The number of hydrogen-bond donors (Lipinski definition) is 0. The van der Waals surface area contributed by atoms with E-state index < -0.39 is 18.7 Å². The number of hydrogen-bond acceptors (Lipinski definition) is 7. The Hall–Kier alpha value is -2.10. The van der Waals surface area contributed by atoms with Crippen LogP contribution in [0.1, 0.15) is 30.1 Å². The Balaban J connectivity index is 1.65. The second kappa shape index (κ2) is 10.9. The molecule has 0 bridgehead atoms. The van der Waals surface area contributed by atoms with Crippen molar-refractivity contribution in [2.45, 2.75) is 32.0 Å². The minimum absolute atomic E-state index is 0.0878. The number of ether oxygens (including phenoxy) is 3. The second-order valence-electron chi connectivity index (χ2n) is 7.55. The highest BCUT2D eigenvalue weighted by atomic mass is 35.5. The van der Waals surface area contributed by atoms with Crippen molar-refractivity contribution in [3.05, 3.63) is 51.8 Å². The Kier molecular flexibility index (Phi) is 7.93. The first-order valence-corrected chi connectivity index (χ1v) is 12.0. The Morgan fingerprint density at radius 1 is 1.18 bits per heavy atom. The van der Waals surface area contributed by atoms with Gasteiger partial charge in [0.05, 0.1) is 16.7 Å². The van der Waals surface area contributed by atoms with Crippen molar-refractivity contribution in [2.75, 3.05) is 18.9 Å². The van der Waals surface area contributed by atoms with Gasteiger partial charge in [0, 0.05) is 31.1 Å². The maximum atomic E-state index is 12.9. The number of aliphatic imine (C=N–C) groups is 1. The standard InChI is InChI=1S/C22H20Cl2F2N2O4S/c23-15-9-27-10-16(24)14(15)8-18(31-21(29)20-28-5-6-33-20)13-3-4-17(32-22(25)26)19(7-13)30-11-12-1-2-12/h3-4,7,9-10,12,18,22H,1-2,5-6,8,11H2/t18-/m1/s1. The summed E-state index contributed by atoms with van der Waals surface area (Å²) in [6.07, 6.45) is 4.27. The average Bonchev–Trinajstić information content (AvgIpc) is 3.44. The van der Waals surface area contributed by atoms with Crippen LogP contribution in [0.3, 0.4) is 0 Å². The van der Waals surface area contributed by atoms with Gasteiger partial charge in [0.15, 0.2) is 16.5 Å². The number of alkyl halides is 2. The second-order valence-corrected chi connectivity index (χ2v) is 9.45. The highest BCUT2D eigenvalue weighted by Gasteiger charge is 2.27. The minimum Gasteiger partial charge on any atom is -0.489 e. The van der Waals surface area contributed by atoms with Crippen LogP contribution in [0.4, 0.5) is 8.78 Å². The molecule has 1 atom stereocenters. The first-order chi connectivity index (χ1) is 15.9. The van der Waals surface area contributed by atoms with Crippen molar-refractivity contribution in [2.24, 2.45) is 10.9 Å². The molecule has 4 rings (SSSR count). The summed E-state index contributed by atoms with van der Waals surface area (Å²) in [5, 5.41) is 0.924. The van der Waals surface area contributed by atoms with Gasteiger partial charge >= 0.3 is 12.6 Å². The normalized spacial score (nSPS) is 16.5. The summed E-state index contributed by atoms with van der Waals surface area (Å²) >= 11 is 13.9. The van der Waals surface area contributed by atoms with Gasteiger partial charge in [0.1, 0.15) is 6.10 Å². The van der Waals surface area contributed by atoms with Crippen LogP contribution >= 0.6 is 35.0 Å². The van der Waals surface area contributed by atoms with Crippen molar-refractivity contribution in [1.82, 2.24) is 4.98 Å². The molecule has 11 heteroatoms. The SMILES string of the molecule is O=C(O[C@H](Cc1c(Cl)cncc1Cl)c1ccc(OC(F)F)c(OCC2CC2)c1)C1=NCCS1. The van der Waals surface area contributed by atoms with Gasteiger partial charge in [-0.3, -0.25) is 9.98 Å². The minimum atomic E-state index is -3.00. The highest BCUT2D eigenvalue weighted by Crippen LogP contribution is 2.38. The molecule has 1 aliphatic carbocycles. The lowest BCUT2D eigenvalue weighted by molar-refractivity contribution is -0.140. The number of benzene rings is 1. The molecular weight excluding hydrogens is 497 g/mol. The molecule has 176 valence electrons. The summed E-state index contributed by atoms with van der Waals surface area (Å²) < 4.78 is 41.9. The van der Waals surface area contributed by atoms with Crippen molar-refractivity contribution in [3.8, 4) is 11.5 Å². The van der Waals surface area contributed by atoms with E-state index in [2.05, 4.69) is 14.7 Å². The topological polar surface area (TPSA) is 70.0 Å². The zero-order valence-electron chi connectivity index (χ0n) is 17.3. The molecule has 1 saturated carbocycles. The molecule has 0 radical (unpaired) electrons. The first kappa shape index (κ1) is 24.0. The number of halogens is 4. The van der Waals surface area contributed by atoms with E-state index in [4.69, 9.17) is 32.7 Å². The van der Waals surface area contributed by atoms with Crippen LogP contribution in [0.25, 0.3) is 0 Å². The Bertz CT molecular complexity index is 1030. The number of aromatic nitrogens is 1. The third-order valence-electron chi connectivity index (χ3n) is 5.08. The molecule has 1 fully saturated rings. The molecule has 2 heterocycles. The van der Waals surface area contributed by atoms with Gasteiger partial charge in [-0.2, -0.15) is 8.78 Å². The number of esters is 1. The van der Waals surface area contributed by atoms with Crippen LogP contribution < -0.4 is 9.47 Å². The fraction of sp³-hybridized carbons (Fsp3) is 0.409. The quantitative estimate of drug-likeness (QED) is 0.374. The van der Waals surface area contributed by atoms with Gasteiger partial charge in [0.2, 0.25) is 0 Å². The van der Waals surface area contributed by atoms with Crippen molar-refractivity contribution in [3.63, 3.8) is 0 Å². The van der Waals surface area contributed by atoms with Crippen LogP contribution in [0.15, 0.2) is 35.6 Å². The third kappa shape index (κ3) is 6.49. The molecule has 0 N–H and O–H groups in total. The Labute approximate surface area is 203 Å². The summed E-state index contributed by atoms with van der Waals surface area (Å²) in [6.45, 7) is -2.07. The molecule has 6 nitrogen and oxygen atoms in total. The van der Waals surface area contributed by atoms with Crippen molar-refractivity contribution in [1.29, 1.82) is 0 Å². The van der Waals surface area contributed by atoms with E-state index in [1.54, 1.807) is 12.1 Å². The van der Waals surface area contributed by atoms with Crippen LogP contribution in [-0.2, 0) is 16.0 Å². The summed E-state index contributed by atoms with van der Waals surface area (Å²) in [6, 6.07) is 4.47. The fourth-order valence-electron chi connectivity index (χ4n) is 3.21. The lowest BCUT2D eigenvalue weighted by Crippen LogP contribution is -2.19. The zero-order chi connectivity index (χ0) is 23.4. The van der Waals surface area contributed by atoms with E-state index in [1.807, 2.05) is 0 Å². The van der Waals surface area contributed by atoms with Crippen molar-refractivity contribution >= 4 is 46.0 Å². The van der Waals surface area contributed by atoms with Crippen LogP contribution in [-0.4, -0.2) is 41.5 Å². The molecule has 0 amide bonds. The van der Waals surface area contributed by atoms with Gasteiger partial charge in [-0.05, 0) is 42.0 Å². The van der Waals surface area contributed by atoms with E-state index in [-0.39, 0.29) is 23.0 Å². The number of rotatable bonds is 10. The summed E-state index contributed by atoms with van der Waals surface area (Å²) in [4.78, 5) is 20.8. The van der Waals surface area contributed by atoms with Gasteiger partial charge in [0.25, 0.3) is 0 Å². The monoisotopic (exact) mass is 516 g/mol. The largest absolute Gasteiger partial charge is 0.489 e. The van der Waals surface area contributed by atoms with Gasteiger partial charge in [-0.15, -0.1) is 0 Å². The van der Waals surface area contributed by atoms with Gasteiger partial charge < -0.3 is 14.2 Å². The lowest BCUT2D eigenvalue weighted by Gasteiger charge is -2.21. The molecular formula is C22H20Cl2F2N2O4S. The third-order valence-corrected chi connectivity index (χ3v) is 6.69. The molecule has 0 unspecified atom stereocenters. The Morgan fingerprint density at radius 3 is 2.58 bits per heavy atom. The molecule has 2 aliphatic rings. The van der Waals surface area contributed by atoms with E-state index in [1.165, 1.54) is 30.2 Å². The van der Waals surface area contributed by atoms with E-state index in [9.17, 15) is 13.6 Å². The molecule has 1 aromatic carbocycles. The molecule has 33 heavy (non-hydrogen) atoms. The summed E-state index contributed by atoms with van der Waals surface area (Å²) in [5.74, 6) is 0.594. The van der Waals surface area contributed by atoms with Crippen LogP contribution in [0.5, 0.6) is 11.5 Å². The summed E-state index contributed by atoms with van der Waals surface area (Å²) in [5.41, 5.74) is 1.06. The molecule has 1 aliphatic heterocycles. The number of thioether (sulfide) groups is 1. The number of pyridine rings is 1. The van der Waals surface area contributed by atoms with E-state index in [0.29, 0.717) is 46.0 Å². The highest BCUT2D eigenvalue weighted by molar-refractivity contribution is 8.16. The number of carbonyl (C=O) groups excluding carboxylic acids is 1. The van der Waals surface area contributed by atoms with E-state index >= 15 is 0 Å². The summed E-state index contributed by atoms with van der Waals surface area (Å²) in [7, 11) is 0. The zero-order valence-corrected chi connectivity index (χ0v) is 19.6. The average molecular weight is 517 g/mol.